The standard InChI is InChI=1S/C48H40N4/c1-32-14-13-23-45(49-32)34-26-24-33(25-27-34)38-28-39(44-31-37-19-9-10-20-41(37)42-21-11-12-22-43(42)44)30-40(29-38)46-50-47(35-15-5-3-6-16-35)52(2)48(51-46)36-17-7-4-8-18-36/h3-31,45,47-49H,1-2H3,(H,50,51). The normalized spacial score (nSPS) is 18.8. The molecule has 4 heteroatoms. The number of dihydropyridines is 1. The summed E-state index contributed by atoms with van der Waals surface area (Å²) >= 11 is 0. The number of aliphatic imine (C=N–C) groups is 1. The second-order valence-electron chi connectivity index (χ2n) is 13.9. The third-order valence-electron chi connectivity index (χ3n) is 10.5. The summed E-state index contributed by atoms with van der Waals surface area (Å²) in [6, 6.07) is 57.2. The van der Waals surface area contributed by atoms with Crippen LogP contribution in [0.5, 0.6) is 0 Å². The van der Waals surface area contributed by atoms with E-state index in [4.69, 9.17) is 4.99 Å². The summed E-state index contributed by atoms with van der Waals surface area (Å²) in [6.07, 6.45) is 6.22. The number of fused-ring (bicyclic) bond motifs is 3. The summed E-state index contributed by atoms with van der Waals surface area (Å²) in [6.45, 7) is 2.11. The molecule has 9 rings (SSSR count). The van der Waals surface area contributed by atoms with Gasteiger partial charge in [0.2, 0.25) is 0 Å². The molecule has 7 aromatic carbocycles. The quantitative estimate of drug-likeness (QED) is 0.173. The summed E-state index contributed by atoms with van der Waals surface area (Å²) in [5.41, 5.74) is 10.5. The predicted molar refractivity (Wildman–Crippen MR) is 217 cm³/mol. The minimum Gasteiger partial charge on any atom is -0.378 e. The van der Waals surface area contributed by atoms with E-state index in [0.29, 0.717) is 0 Å². The first kappa shape index (κ1) is 31.7. The fourth-order valence-corrected chi connectivity index (χ4v) is 7.78. The van der Waals surface area contributed by atoms with Gasteiger partial charge in [-0.2, -0.15) is 0 Å². The van der Waals surface area contributed by atoms with E-state index in [9.17, 15) is 0 Å². The topological polar surface area (TPSA) is 39.7 Å². The number of hydrogen-bond donors (Lipinski definition) is 2. The zero-order valence-electron chi connectivity index (χ0n) is 29.4. The van der Waals surface area contributed by atoms with Gasteiger partial charge in [-0.05, 0) is 105 Å². The van der Waals surface area contributed by atoms with Crippen molar-refractivity contribution in [2.24, 2.45) is 4.99 Å². The molecule has 2 aliphatic rings. The lowest BCUT2D eigenvalue weighted by atomic mass is 9.90. The molecule has 0 aromatic heterocycles. The number of nitrogens with one attached hydrogen (secondary N) is 2. The van der Waals surface area contributed by atoms with E-state index in [2.05, 4.69) is 205 Å². The maximum Gasteiger partial charge on any atom is 0.132 e. The van der Waals surface area contributed by atoms with Crippen LogP contribution >= 0.6 is 0 Å². The van der Waals surface area contributed by atoms with E-state index in [0.717, 1.165) is 33.7 Å². The van der Waals surface area contributed by atoms with Gasteiger partial charge in [0.15, 0.2) is 0 Å². The molecule has 0 saturated heterocycles. The molecule has 0 bridgehead atoms. The first-order valence-corrected chi connectivity index (χ1v) is 18.0. The lowest BCUT2D eigenvalue weighted by Crippen LogP contribution is -2.45. The Labute approximate surface area is 305 Å². The van der Waals surface area contributed by atoms with E-state index < -0.39 is 0 Å². The molecule has 2 aliphatic heterocycles. The second kappa shape index (κ2) is 13.5. The molecule has 2 N–H and O–H groups in total. The highest BCUT2D eigenvalue weighted by molar-refractivity contribution is 6.14. The minimum absolute atomic E-state index is 0.0691. The van der Waals surface area contributed by atoms with Crippen molar-refractivity contribution in [2.75, 3.05) is 7.05 Å². The summed E-state index contributed by atoms with van der Waals surface area (Å²) in [4.78, 5) is 7.77. The van der Waals surface area contributed by atoms with Gasteiger partial charge in [-0.15, -0.1) is 0 Å². The van der Waals surface area contributed by atoms with E-state index in [1.165, 1.54) is 43.9 Å². The van der Waals surface area contributed by atoms with Crippen LogP contribution in [-0.2, 0) is 0 Å². The monoisotopic (exact) mass is 672 g/mol. The highest BCUT2D eigenvalue weighted by Gasteiger charge is 2.31. The average molecular weight is 673 g/mol. The van der Waals surface area contributed by atoms with Gasteiger partial charge in [0.1, 0.15) is 18.2 Å². The van der Waals surface area contributed by atoms with Crippen LogP contribution in [0, 0.1) is 0 Å². The average Bonchev–Trinajstić information content (AvgIpc) is 3.21. The molecule has 4 nitrogen and oxygen atoms in total. The van der Waals surface area contributed by atoms with Crippen LogP contribution in [0.25, 0.3) is 43.8 Å². The van der Waals surface area contributed by atoms with Gasteiger partial charge >= 0.3 is 0 Å². The van der Waals surface area contributed by atoms with Gasteiger partial charge in [-0.3, -0.25) is 4.90 Å². The Balaban J connectivity index is 1.23. The maximum absolute atomic E-state index is 5.45. The molecule has 3 atom stereocenters. The summed E-state index contributed by atoms with van der Waals surface area (Å²) < 4.78 is 0. The van der Waals surface area contributed by atoms with Crippen molar-refractivity contribution < 1.29 is 0 Å². The first-order chi connectivity index (χ1) is 25.6. The Kier molecular flexibility index (Phi) is 8.22. The van der Waals surface area contributed by atoms with Gasteiger partial charge < -0.3 is 10.6 Å². The molecular weight excluding hydrogens is 633 g/mol. The summed E-state index contributed by atoms with van der Waals surface area (Å²) in [7, 11) is 2.15. The number of rotatable bonds is 6. The molecule has 0 radical (unpaired) electrons. The van der Waals surface area contributed by atoms with Crippen molar-refractivity contribution in [1.82, 2.24) is 15.5 Å². The van der Waals surface area contributed by atoms with Crippen LogP contribution in [0.2, 0.25) is 0 Å². The van der Waals surface area contributed by atoms with Crippen molar-refractivity contribution in [2.45, 2.75) is 25.3 Å². The largest absolute Gasteiger partial charge is 0.378 e. The lowest BCUT2D eigenvalue weighted by molar-refractivity contribution is 0.152. The zero-order chi connectivity index (χ0) is 35.0. The van der Waals surface area contributed by atoms with Gasteiger partial charge in [0, 0.05) is 11.3 Å². The van der Waals surface area contributed by atoms with Gasteiger partial charge in [0.05, 0.1) is 6.04 Å². The highest BCUT2D eigenvalue weighted by atomic mass is 15.4. The molecule has 0 spiro atoms. The van der Waals surface area contributed by atoms with Crippen molar-refractivity contribution in [3.05, 3.63) is 204 Å². The Morgan fingerprint density at radius 1 is 0.538 bits per heavy atom. The summed E-state index contributed by atoms with van der Waals surface area (Å²) in [5.74, 6) is 0.879. The number of allylic oxidation sites excluding steroid dienone is 3. The lowest BCUT2D eigenvalue weighted by Gasteiger charge is -2.39. The molecule has 3 unspecified atom stereocenters. The smallest absolute Gasteiger partial charge is 0.132 e. The van der Waals surface area contributed by atoms with E-state index >= 15 is 0 Å². The number of nitrogens with zero attached hydrogens (tertiary/aromatic N) is 2. The summed E-state index contributed by atoms with van der Waals surface area (Å²) in [5, 5.41) is 12.5. The molecular formula is C48H40N4. The molecule has 252 valence electrons. The first-order valence-electron chi connectivity index (χ1n) is 18.0. The van der Waals surface area contributed by atoms with Gasteiger partial charge in [-0.1, -0.05) is 146 Å². The second-order valence-corrected chi connectivity index (χ2v) is 13.9. The van der Waals surface area contributed by atoms with Crippen molar-refractivity contribution >= 4 is 27.4 Å². The number of benzene rings is 7. The van der Waals surface area contributed by atoms with Gasteiger partial charge in [-0.25, -0.2) is 4.99 Å². The zero-order valence-corrected chi connectivity index (χ0v) is 29.4. The molecule has 2 heterocycles. The maximum atomic E-state index is 5.45. The van der Waals surface area contributed by atoms with Crippen molar-refractivity contribution in [1.29, 1.82) is 0 Å². The molecule has 0 fully saturated rings. The van der Waals surface area contributed by atoms with Crippen LogP contribution in [0.1, 0.15) is 47.6 Å². The van der Waals surface area contributed by atoms with Crippen LogP contribution in [0.4, 0.5) is 0 Å². The van der Waals surface area contributed by atoms with Crippen LogP contribution in [0.3, 0.4) is 0 Å². The minimum atomic E-state index is -0.163. The Morgan fingerprint density at radius 3 is 1.92 bits per heavy atom. The SMILES string of the molecule is CC1=CC=CC(c2ccc(-c3cc(C4=NC(c5ccccc5)N(C)C(c5ccccc5)N4)cc(-c4cc5ccccc5c5ccccc45)c3)cc2)N1. The highest BCUT2D eigenvalue weighted by Crippen LogP contribution is 2.39. The van der Waals surface area contributed by atoms with E-state index in [1.54, 1.807) is 0 Å². The predicted octanol–water partition coefficient (Wildman–Crippen LogP) is 11.1. The van der Waals surface area contributed by atoms with E-state index in [1.807, 2.05) is 0 Å². The third-order valence-corrected chi connectivity index (χ3v) is 10.5. The third kappa shape index (κ3) is 5.97. The van der Waals surface area contributed by atoms with Crippen molar-refractivity contribution in [3.8, 4) is 22.3 Å². The Bertz CT molecular complexity index is 2500. The molecule has 7 aromatic rings. The number of amidine groups is 1. The fourth-order valence-electron chi connectivity index (χ4n) is 7.78. The molecule has 0 saturated carbocycles. The molecule has 0 aliphatic carbocycles. The molecule has 52 heavy (non-hydrogen) atoms. The van der Waals surface area contributed by atoms with Crippen LogP contribution < -0.4 is 10.6 Å². The van der Waals surface area contributed by atoms with Crippen molar-refractivity contribution in [3.63, 3.8) is 0 Å². The molecule has 0 amide bonds. The van der Waals surface area contributed by atoms with E-state index in [-0.39, 0.29) is 18.4 Å². The van der Waals surface area contributed by atoms with Gasteiger partial charge in [0.25, 0.3) is 0 Å². The number of hydrogen-bond acceptors (Lipinski definition) is 4. The Hall–Kier alpha value is -6.23. The van der Waals surface area contributed by atoms with Crippen LogP contribution in [-0.4, -0.2) is 17.8 Å². The Morgan fingerprint density at radius 2 is 1.17 bits per heavy atom. The fraction of sp³-hybridized carbons (Fsp3) is 0.104. The van der Waals surface area contributed by atoms with Crippen LogP contribution in [0.15, 0.2) is 187 Å².